The number of benzene rings is 1. The molecule has 0 aliphatic carbocycles. The summed E-state index contributed by atoms with van der Waals surface area (Å²) >= 11 is 0. The summed E-state index contributed by atoms with van der Waals surface area (Å²) in [6.07, 6.45) is 1.42. The van der Waals surface area contributed by atoms with Gasteiger partial charge < -0.3 is 15.2 Å². The number of ether oxygens (including phenoxy) is 1. The number of nitrogens with one attached hydrogen (secondary N) is 1. The lowest BCUT2D eigenvalue weighted by Crippen LogP contribution is -2.24. The van der Waals surface area contributed by atoms with E-state index < -0.39 is 11.9 Å². The zero-order valence-electron chi connectivity index (χ0n) is 11.1. The molecule has 5 heteroatoms. The fourth-order valence-corrected chi connectivity index (χ4v) is 1.46. The number of amides is 1. The number of rotatable bonds is 5. The van der Waals surface area contributed by atoms with Crippen molar-refractivity contribution in [3.8, 4) is 5.75 Å². The van der Waals surface area contributed by atoms with Crippen LogP contribution < -0.4 is 10.1 Å². The summed E-state index contributed by atoms with van der Waals surface area (Å²) in [4.78, 5) is 21.9. The average Bonchev–Trinajstić information content (AvgIpc) is 2.26. The van der Waals surface area contributed by atoms with E-state index in [2.05, 4.69) is 5.32 Å². The summed E-state index contributed by atoms with van der Waals surface area (Å²) < 4.78 is 5.51. The molecule has 0 aliphatic rings. The molecular formula is C14H17NO4. The summed E-state index contributed by atoms with van der Waals surface area (Å²) in [5, 5.41) is 11.3. The third-order valence-electron chi connectivity index (χ3n) is 2.08. The molecule has 0 spiro atoms. The van der Waals surface area contributed by atoms with E-state index in [-0.39, 0.29) is 11.8 Å². The molecule has 0 aromatic heterocycles. The van der Waals surface area contributed by atoms with E-state index in [0.29, 0.717) is 11.3 Å². The van der Waals surface area contributed by atoms with Gasteiger partial charge in [0.15, 0.2) is 0 Å². The van der Waals surface area contributed by atoms with Gasteiger partial charge in [0, 0.05) is 6.92 Å². The number of carbonyl (C=O) groups excluding carboxylic acids is 1. The largest absolute Gasteiger partial charge is 0.491 e. The van der Waals surface area contributed by atoms with Crippen LogP contribution in [0.5, 0.6) is 5.75 Å². The zero-order chi connectivity index (χ0) is 14.4. The maximum Gasteiger partial charge on any atom is 0.352 e. The van der Waals surface area contributed by atoms with Crippen molar-refractivity contribution >= 4 is 18.0 Å². The summed E-state index contributed by atoms with van der Waals surface area (Å²) in [6.45, 7) is 5.07. The van der Waals surface area contributed by atoms with Crippen molar-refractivity contribution in [2.45, 2.75) is 26.9 Å². The van der Waals surface area contributed by atoms with Crippen molar-refractivity contribution in [3.63, 3.8) is 0 Å². The van der Waals surface area contributed by atoms with Gasteiger partial charge in [-0.3, -0.25) is 4.79 Å². The number of carbonyl (C=O) groups is 2. The van der Waals surface area contributed by atoms with Crippen LogP contribution in [0.25, 0.3) is 6.08 Å². The Bertz CT molecular complexity index is 506. The highest BCUT2D eigenvalue weighted by Crippen LogP contribution is 2.16. The fourth-order valence-electron chi connectivity index (χ4n) is 1.46. The molecule has 0 heterocycles. The molecule has 5 nitrogen and oxygen atoms in total. The van der Waals surface area contributed by atoms with Gasteiger partial charge >= 0.3 is 5.97 Å². The van der Waals surface area contributed by atoms with Crippen molar-refractivity contribution < 1.29 is 19.4 Å². The molecule has 0 fully saturated rings. The first-order chi connectivity index (χ1) is 8.88. The molecule has 0 unspecified atom stereocenters. The number of carboxylic acids is 1. The van der Waals surface area contributed by atoms with E-state index >= 15 is 0 Å². The van der Waals surface area contributed by atoms with Gasteiger partial charge in [0.2, 0.25) is 5.91 Å². The maximum absolute atomic E-state index is 11.0. The van der Waals surface area contributed by atoms with Crippen molar-refractivity contribution in [2.24, 2.45) is 0 Å². The smallest absolute Gasteiger partial charge is 0.352 e. The molecule has 0 atom stereocenters. The van der Waals surface area contributed by atoms with E-state index in [9.17, 15) is 9.59 Å². The summed E-state index contributed by atoms with van der Waals surface area (Å²) in [5.74, 6) is -0.968. The zero-order valence-corrected chi connectivity index (χ0v) is 11.1. The van der Waals surface area contributed by atoms with E-state index in [1.54, 1.807) is 24.3 Å². The van der Waals surface area contributed by atoms with Crippen LogP contribution in [-0.2, 0) is 9.59 Å². The van der Waals surface area contributed by atoms with Gasteiger partial charge in [-0.05, 0) is 37.6 Å². The molecule has 0 bridgehead atoms. The molecule has 1 aromatic carbocycles. The van der Waals surface area contributed by atoms with Gasteiger partial charge in [0.1, 0.15) is 11.4 Å². The first kappa shape index (κ1) is 14.8. The molecule has 19 heavy (non-hydrogen) atoms. The van der Waals surface area contributed by atoms with Crippen molar-refractivity contribution in [2.75, 3.05) is 0 Å². The highest BCUT2D eigenvalue weighted by Gasteiger charge is 2.09. The van der Waals surface area contributed by atoms with Crippen LogP contribution >= 0.6 is 0 Å². The number of hydrogen-bond acceptors (Lipinski definition) is 3. The molecule has 0 saturated heterocycles. The van der Waals surface area contributed by atoms with Crippen molar-refractivity contribution in [1.82, 2.24) is 5.32 Å². The second-order valence-corrected chi connectivity index (χ2v) is 4.28. The van der Waals surface area contributed by atoms with E-state index in [1.165, 1.54) is 13.0 Å². The highest BCUT2D eigenvalue weighted by molar-refractivity contribution is 5.96. The molecule has 0 radical (unpaired) electrons. The van der Waals surface area contributed by atoms with Crippen LogP contribution in [0.2, 0.25) is 0 Å². The van der Waals surface area contributed by atoms with Gasteiger partial charge in [0.05, 0.1) is 6.10 Å². The summed E-state index contributed by atoms with van der Waals surface area (Å²) in [7, 11) is 0. The van der Waals surface area contributed by atoms with E-state index in [4.69, 9.17) is 9.84 Å². The number of hydrogen-bond donors (Lipinski definition) is 2. The van der Waals surface area contributed by atoms with Crippen LogP contribution in [0, 0.1) is 0 Å². The van der Waals surface area contributed by atoms with Gasteiger partial charge in [-0.25, -0.2) is 4.79 Å². The fraction of sp³-hybridized carbons (Fsp3) is 0.286. The molecule has 2 N–H and O–H groups in total. The van der Waals surface area contributed by atoms with E-state index in [1.807, 2.05) is 13.8 Å². The molecular weight excluding hydrogens is 246 g/mol. The quantitative estimate of drug-likeness (QED) is 0.797. The summed E-state index contributed by atoms with van der Waals surface area (Å²) in [5.41, 5.74) is 0.471. The first-order valence-corrected chi connectivity index (χ1v) is 5.88. The predicted molar refractivity (Wildman–Crippen MR) is 71.6 cm³/mol. The Kier molecular flexibility index (Phi) is 5.11. The van der Waals surface area contributed by atoms with Crippen LogP contribution in [-0.4, -0.2) is 23.1 Å². The Morgan fingerprint density at radius 3 is 2.58 bits per heavy atom. The minimum absolute atomic E-state index is 0.0357. The van der Waals surface area contributed by atoms with Gasteiger partial charge in [-0.1, -0.05) is 12.1 Å². The Hall–Kier alpha value is -2.30. The molecule has 0 saturated carbocycles. The Balaban J connectivity index is 3.00. The lowest BCUT2D eigenvalue weighted by Gasteiger charge is -2.10. The molecule has 102 valence electrons. The second-order valence-electron chi connectivity index (χ2n) is 4.28. The molecule has 1 rings (SSSR count). The first-order valence-electron chi connectivity index (χ1n) is 5.88. The monoisotopic (exact) mass is 263 g/mol. The molecule has 1 aromatic rings. The topological polar surface area (TPSA) is 75.6 Å². The van der Waals surface area contributed by atoms with Crippen molar-refractivity contribution in [3.05, 3.63) is 35.5 Å². The minimum Gasteiger partial charge on any atom is -0.491 e. The van der Waals surface area contributed by atoms with Gasteiger partial charge in [-0.15, -0.1) is 0 Å². The highest BCUT2D eigenvalue weighted by atomic mass is 16.5. The van der Waals surface area contributed by atoms with Crippen LogP contribution in [0.15, 0.2) is 30.0 Å². The van der Waals surface area contributed by atoms with Crippen LogP contribution in [0.1, 0.15) is 26.3 Å². The lowest BCUT2D eigenvalue weighted by atomic mass is 10.2. The maximum atomic E-state index is 11.0. The second kappa shape index (κ2) is 6.58. The lowest BCUT2D eigenvalue weighted by molar-refractivity contribution is -0.134. The van der Waals surface area contributed by atoms with Crippen LogP contribution in [0.4, 0.5) is 0 Å². The number of aliphatic carboxylic acids is 1. The Morgan fingerprint density at radius 2 is 2.05 bits per heavy atom. The van der Waals surface area contributed by atoms with Crippen LogP contribution in [0.3, 0.4) is 0 Å². The standard InChI is InChI=1S/C14H17NO4/c1-9(2)19-12-6-4-5-11(7-12)8-13(14(17)18)15-10(3)16/h4-9H,1-3H3,(H,15,16)(H,17,18). The Labute approximate surface area is 111 Å². The third-order valence-corrected chi connectivity index (χ3v) is 2.08. The predicted octanol–water partition coefficient (Wildman–Crippen LogP) is 2.04. The van der Waals surface area contributed by atoms with Crippen molar-refractivity contribution in [1.29, 1.82) is 0 Å². The molecule has 1 amide bonds. The SMILES string of the molecule is CC(=O)NC(=Cc1cccc(OC(C)C)c1)C(=O)O. The van der Waals surface area contributed by atoms with E-state index in [0.717, 1.165) is 0 Å². The van der Waals surface area contributed by atoms with Gasteiger partial charge in [-0.2, -0.15) is 0 Å². The third kappa shape index (κ3) is 5.25. The summed E-state index contributed by atoms with van der Waals surface area (Å²) in [6, 6.07) is 7.00. The minimum atomic E-state index is -1.19. The molecule has 0 aliphatic heterocycles. The average molecular weight is 263 g/mol. The Morgan fingerprint density at radius 1 is 1.37 bits per heavy atom. The number of carboxylic acid groups (broad SMARTS) is 1. The normalized spacial score (nSPS) is 11.3. The van der Waals surface area contributed by atoms with Gasteiger partial charge in [0.25, 0.3) is 0 Å².